The number of pyridine rings is 1. The molecule has 96 valence electrons. The second kappa shape index (κ2) is 6.07. The van der Waals surface area contributed by atoms with E-state index in [4.69, 9.17) is 22.4 Å². The van der Waals surface area contributed by atoms with Crippen LogP contribution in [0.3, 0.4) is 0 Å². The Hall–Kier alpha value is -1.00. The Morgan fingerprint density at radius 3 is 2.82 bits per heavy atom. The number of nitrogens with zero attached hydrogens (tertiary/aromatic N) is 1. The molecule has 0 fully saturated rings. The molecule has 0 bridgehead atoms. The van der Waals surface area contributed by atoms with Crippen LogP contribution >= 0.6 is 11.6 Å². The Bertz CT molecular complexity index is 369. The van der Waals surface area contributed by atoms with Crippen molar-refractivity contribution in [3.8, 4) is 0 Å². The van der Waals surface area contributed by atoms with Crippen LogP contribution in [0.5, 0.6) is 0 Å². The third-order valence-electron chi connectivity index (χ3n) is 2.64. The van der Waals surface area contributed by atoms with Crippen molar-refractivity contribution in [2.45, 2.75) is 26.7 Å². The molecular formula is C12H20ClN3O. The second-order valence-electron chi connectivity index (χ2n) is 4.92. The van der Waals surface area contributed by atoms with Crippen LogP contribution in [0, 0.1) is 5.41 Å². The highest BCUT2D eigenvalue weighted by atomic mass is 35.5. The molecule has 0 radical (unpaired) electrons. The van der Waals surface area contributed by atoms with E-state index < -0.39 is 0 Å². The fraction of sp³-hybridized carbons (Fsp3) is 0.583. The maximum atomic E-state index is 8.83. The molecule has 5 heteroatoms. The van der Waals surface area contributed by atoms with E-state index in [1.807, 2.05) is 0 Å². The predicted molar refractivity (Wildman–Crippen MR) is 72.2 cm³/mol. The summed E-state index contributed by atoms with van der Waals surface area (Å²) >= 11 is 5.81. The first-order chi connectivity index (χ1) is 7.94. The Balaban J connectivity index is 2.57. The summed E-state index contributed by atoms with van der Waals surface area (Å²) in [6, 6.07) is 3.40. The predicted octanol–water partition coefficient (Wildman–Crippen LogP) is 2.53. The number of nitrogens with one attached hydrogen (secondary N) is 1. The lowest BCUT2D eigenvalue weighted by Crippen LogP contribution is -2.24. The number of halogens is 1. The van der Waals surface area contributed by atoms with E-state index in [0.717, 1.165) is 19.4 Å². The Labute approximate surface area is 107 Å². The molecule has 0 aliphatic heterocycles. The molecule has 1 aromatic heterocycles. The monoisotopic (exact) mass is 257 g/mol. The second-order valence-corrected chi connectivity index (χ2v) is 5.30. The van der Waals surface area contributed by atoms with Crippen LogP contribution in [0.15, 0.2) is 12.1 Å². The topological polar surface area (TPSA) is 71.2 Å². The fourth-order valence-corrected chi connectivity index (χ4v) is 1.70. The van der Waals surface area contributed by atoms with Crippen molar-refractivity contribution in [2.24, 2.45) is 5.41 Å². The fourth-order valence-electron chi connectivity index (χ4n) is 1.56. The van der Waals surface area contributed by atoms with Gasteiger partial charge in [-0.3, -0.25) is 0 Å². The summed E-state index contributed by atoms with van der Waals surface area (Å²) in [4.78, 5) is 4.14. The van der Waals surface area contributed by atoms with Gasteiger partial charge in [0, 0.05) is 13.2 Å². The molecule has 4 N–H and O–H groups in total. The van der Waals surface area contributed by atoms with E-state index in [0.29, 0.717) is 16.7 Å². The molecule has 0 saturated carbocycles. The zero-order valence-electron chi connectivity index (χ0n) is 10.3. The van der Waals surface area contributed by atoms with Crippen LogP contribution < -0.4 is 11.1 Å². The number of nitrogens with two attached hydrogens (primary N) is 1. The van der Waals surface area contributed by atoms with Gasteiger partial charge in [0.1, 0.15) is 5.15 Å². The number of hydrogen-bond donors (Lipinski definition) is 3. The highest BCUT2D eigenvalue weighted by molar-refractivity contribution is 6.29. The molecule has 0 aliphatic carbocycles. The van der Waals surface area contributed by atoms with Gasteiger partial charge >= 0.3 is 0 Å². The summed E-state index contributed by atoms with van der Waals surface area (Å²) in [6.45, 7) is 5.23. The zero-order chi connectivity index (χ0) is 12.9. The van der Waals surface area contributed by atoms with Crippen LogP contribution in [0.2, 0.25) is 5.15 Å². The molecule has 0 amide bonds. The number of aromatic nitrogens is 1. The third-order valence-corrected chi connectivity index (χ3v) is 2.85. The van der Waals surface area contributed by atoms with E-state index in [1.54, 1.807) is 12.1 Å². The molecule has 1 rings (SSSR count). The molecule has 0 atom stereocenters. The van der Waals surface area contributed by atoms with Crippen molar-refractivity contribution in [3.63, 3.8) is 0 Å². The lowest BCUT2D eigenvalue weighted by atomic mass is 9.88. The molecule has 0 aromatic carbocycles. The lowest BCUT2D eigenvalue weighted by molar-refractivity contribution is 0.248. The number of nitrogen functional groups attached to an aromatic ring is 1. The summed E-state index contributed by atoms with van der Waals surface area (Å²) in [7, 11) is 0. The van der Waals surface area contributed by atoms with Crippen molar-refractivity contribution in [2.75, 3.05) is 24.2 Å². The minimum atomic E-state index is 0.0825. The van der Waals surface area contributed by atoms with Gasteiger partial charge in [0.15, 0.2) is 5.82 Å². The minimum absolute atomic E-state index is 0.0825. The summed E-state index contributed by atoms with van der Waals surface area (Å²) in [5.74, 6) is 0.620. The van der Waals surface area contributed by atoms with Crippen molar-refractivity contribution < 1.29 is 5.11 Å². The Kier molecular flexibility index (Phi) is 5.02. The van der Waals surface area contributed by atoms with Gasteiger partial charge in [0.25, 0.3) is 0 Å². The van der Waals surface area contributed by atoms with E-state index >= 15 is 0 Å². The normalized spacial score (nSPS) is 11.5. The quantitative estimate of drug-likeness (QED) is 0.685. The molecular weight excluding hydrogens is 238 g/mol. The molecule has 4 nitrogen and oxygen atoms in total. The molecule has 0 unspecified atom stereocenters. The first kappa shape index (κ1) is 14.1. The SMILES string of the molecule is CC(C)(CCCO)CNc1nc(Cl)ccc1N. The average molecular weight is 258 g/mol. The lowest BCUT2D eigenvalue weighted by Gasteiger charge is -2.25. The highest BCUT2D eigenvalue weighted by Gasteiger charge is 2.17. The number of hydrogen-bond acceptors (Lipinski definition) is 4. The van der Waals surface area contributed by atoms with Crippen LogP contribution in [0.4, 0.5) is 11.5 Å². The maximum Gasteiger partial charge on any atom is 0.150 e. The minimum Gasteiger partial charge on any atom is -0.396 e. The molecule has 1 heterocycles. The number of anilines is 2. The summed E-state index contributed by atoms with van der Waals surface area (Å²) < 4.78 is 0. The zero-order valence-corrected chi connectivity index (χ0v) is 11.1. The smallest absolute Gasteiger partial charge is 0.150 e. The Morgan fingerprint density at radius 2 is 2.18 bits per heavy atom. The van der Waals surface area contributed by atoms with E-state index in [9.17, 15) is 0 Å². The van der Waals surface area contributed by atoms with Crippen molar-refractivity contribution in [3.05, 3.63) is 17.3 Å². The summed E-state index contributed by atoms with van der Waals surface area (Å²) in [5, 5.41) is 12.5. The number of rotatable bonds is 6. The van der Waals surface area contributed by atoms with Crippen LogP contribution in [-0.2, 0) is 0 Å². The first-order valence-corrected chi connectivity index (χ1v) is 6.09. The van der Waals surface area contributed by atoms with Gasteiger partial charge in [-0.1, -0.05) is 25.4 Å². The molecule has 1 aromatic rings. The Morgan fingerprint density at radius 1 is 1.47 bits per heavy atom. The van der Waals surface area contributed by atoms with Gasteiger partial charge < -0.3 is 16.2 Å². The molecule has 0 aliphatic rings. The first-order valence-electron chi connectivity index (χ1n) is 5.71. The van der Waals surface area contributed by atoms with Crippen LogP contribution in [0.1, 0.15) is 26.7 Å². The summed E-state index contributed by atoms with van der Waals surface area (Å²) in [6.07, 6.45) is 1.74. The van der Waals surface area contributed by atoms with Gasteiger partial charge in [-0.25, -0.2) is 4.98 Å². The molecule has 0 spiro atoms. The van der Waals surface area contributed by atoms with Crippen LogP contribution in [-0.4, -0.2) is 23.2 Å². The van der Waals surface area contributed by atoms with Gasteiger partial charge in [-0.2, -0.15) is 0 Å². The molecule has 17 heavy (non-hydrogen) atoms. The molecule has 0 saturated heterocycles. The van der Waals surface area contributed by atoms with Gasteiger partial charge in [-0.15, -0.1) is 0 Å². The van der Waals surface area contributed by atoms with Gasteiger partial charge in [0.05, 0.1) is 5.69 Å². The van der Waals surface area contributed by atoms with Crippen LogP contribution in [0.25, 0.3) is 0 Å². The average Bonchev–Trinajstić information content (AvgIpc) is 2.28. The van der Waals surface area contributed by atoms with E-state index in [2.05, 4.69) is 24.1 Å². The largest absolute Gasteiger partial charge is 0.396 e. The van der Waals surface area contributed by atoms with Crippen molar-refractivity contribution in [1.29, 1.82) is 0 Å². The number of aliphatic hydroxyl groups is 1. The van der Waals surface area contributed by atoms with Crippen molar-refractivity contribution in [1.82, 2.24) is 4.98 Å². The number of aliphatic hydroxyl groups excluding tert-OH is 1. The summed E-state index contributed by atoms with van der Waals surface area (Å²) in [5.41, 5.74) is 6.47. The highest BCUT2D eigenvalue weighted by Crippen LogP contribution is 2.25. The van der Waals surface area contributed by atoms with Gasteiger partial charge in [0.2, 0.25) is 0 Å². The maximum absolute atomic E-state index is 8.83. The van der Waals surface area contributed by atoms with Gasteiger partial charge in [-0.05, 0) is 30.4 Å². The van der Waals surface area contributed by atoms with E-state index in [-0.39, 0.29) is 12.0 Å². The standard InChI is InChI=1S/C12H20ClN3O/c1-12(2,6-3-7-17)8-15-11-9(14)4-5-10(13)16-11/h4-5,17H,3,6-8,14H2,1-2H3,(H,15,16). The third kappa shape index (κ3) is 4.79. The van der Waals surface area contributed by atoms with Crippen molar-refractivity contribution >= 4 is 23.1 Å². The van der Waals surface area contributed by atoms with E-state index in [1.165, 1.54) is 0 Å².